The molecule has 4 nitrogen and oxygen atoms in total. The van der Waals surface area contributed by atoms with Gasteiger partial charge in [0.2, 0.25) is 0 Å². The number of hydrogen-bond acceptors (Lipinski definition) is 4. The molecule has 0 rings (SSSR count). The van der Waals surface area contributed by atoms with E-state index in [1.54, 1.807) is 6.92 Å². The fourth-order valence-electron chi connectivity index (χ4n) is 3.31. The van der Waals surface area contributed by atoms with Crippen molar-refractivity contribution in [3.63, 3.8) is 0 Å². The van der Waals surface area contributed by atoms with Gasteiger partial charge in [0.15, 0.2) is 0 Å². The van der Waals surface area contributed by atoms with Crippen LogP contribution in [-0.4, -0.2) is 29.4 Å². The molecule has 152 valence electrons. The minimum atomic E-state index is -4.28. The molecular weight excluding hydrogens is 375 g/mol. The van der Waals surface area contributed by atoms with Crippen LogP contribution < -0.4 is 51.4 Å². The Hall–Kier alpha value is 1.51. The molecule has 0 amide bonds. The molecule has 0 saturated heterocycles. The van der Waals surface area contributed by atoms with Crippen LogP contribution in [0.3, 0.4) is 0 Å². The summed E-state index contributed by atoms with van der Waals surface area (Å²) in [6.45, 7) is 3.93. The summed E-state index contributed by atoms with van der Waals surface area (Å²) >= 11 is 0. The Morgan fingerprint density at radius 3 is 1.50 bits per heavy atom. The van der Waals surface area contributed by atoms with E-state index in [0.29, 0.717) is 6.42 Å². The Morgan fingerprint density at radius 1 is 0.769 bits per heavy atom. The summed E-state index contributed by atoms with van der Waals surface area (Å²) in [7, 11) is -4.28. The van der Waals surface area contributed by atoms with Gasteiger partial charge in [-0.05, 0) is 19.3 Å². The summed E-state index contributed by atoms with van der Waals surface area (Å²) in [5.74, 6) is 0. The maximum absolute atomic E-state index is 11.0. The molecule has 2 unspecified atom stereocenters. The van der Waals surface area contributed by atoms with Gasteiger partial charge < -0.3 is 9.66 Å². The Kier molecular flexibility index (Phi) is 22.6. The van der Waals surface area contributed by atoms with Crippen molar-refractivity contribution < 1.29 is 69.5 Å². The number of hydrogen-bond donors (Lipinski definition) is 1. The second kappa shape index (κ2) is 19.8. The largest absolute Gasteiger partial charge is 1.00 e. The molecule has 0 aliphatic carbocycles. The molecule has 26 heavy (non-hydrogen) atoms. The molecule has 0 heterocycles. The molecule has 0 aliphatic rings. The molecule has 0 aromatic heterocycles. The van der Waals surface area contributed by atoms with E-state index in [9.17, 15) is 18.1 Å². The zero-order valence-corrected chi connectivity index (χ0v) is 21.5. The Labute approximate surface area is 205 Å². The van der Waals surface area contributed by atoms with E-state index in [-0.39, 0.29) is 64.2 Å². The summed E-state index contributed by atoms with van der Waals surface area (Å²) in [6.07, 6.45) is 16.9. The first-order valence-electron chi connectivity index (χ1n) is 10.5. The van der Waals surface area contributed by atoms with Gasteiger partial charge in [-0.25, -0.2) is 8.42 Å². The maximum Gasteiger partial charge on any atom is 1.00 e. The van der Waals surface area contributed by atoms with E-state index < -0.39 is 21.5 Å². The number of rotatable bonds is 18. The van der Waals surface area contributed by atoms with Crippen molar-refractivity contribution in [2.24, 2.45) is 0 Å². The predicted molar refractivity (Wildman–Crippen MR) is 105 cm³/mol. The summed E-state index contributed by atoms with van der Waals surface area (Å²) in [5.41, 5.74) is 0. The van der Waals surface area contributed by atoms with Crippen molar-refractivity contribution in [1.29, 1.82) is 0 Å². The van der Waals surface area contributed by atoms with Gasteiger partial charge in [-0.1, -0.05) is 97.3 Å². The summed E-state index contributed by atoms with van der Waals surface area (Å²) in [4.78, 5) is 0. The van der Waals surface area contributed by atoms with Crippen molar-refractivity contribution in [2.45, 2.75) is 128 Å². The molecule has 2 atom stereocenters. The van der Waals surface area contributed by atoms with Gasteiger partial charge in [0.25, 0.3) is 0 Å². The molecule has 6 heteroatoms. The van der Waals surface area contributed by atoms with Gasteiger partial charge in [-0.2, -0.15) is 0 Å². The molecule has 0 saturated carbocycles. The maximum atomic E-state index is 11.0. The average molecular weight is 417 g/mol. The molecule has 0 radical (unpaired) electrons. The first-order chi connectivity index (χ1) is 11.9. The third-order valence-electron chi connectivity index (χ3n) is 5.04. The van der Waals surface area contributed by atoms with Crippen molar-refractivity contribution in [3.8, 4) is 0 Å². The minimum absolute atomic E-state index is 0. The van der Waals surface area contributed by atoms with Crippen LogP contribution in [0.2, 0.25) is 0 Å². The van der Waals surface area contributed by atoms with Gasteiger partial charge in [0, 0.05) is 0 Å². The summed E-state index contributed by atoms with van der Waals surface area (Å²) < 4.78 is 33.1. The monoisotopic (exact) mass is 416 g/mol. The van der Waals surface area contributed by atoms with E-state index in [1.165, 1.54) is 70.6 Å². The second-order valence-corrected chi connectivity index (χ2v) is 9.10. The predicted octanol–water partition coefficient (Wildman–Crippen LogP) is 2.55. The number of unbranched alkanes of at least 4 members (excludes halogenated alkanes) is 12. The third kappa shape index (κ3) is 18.9. The van der Waals surface area contributed by atoms with Gasteiger partial charge in [0.1, 0.15) is 0 Å². The first kappa shape index (κ1) is 29.7. The van der Waals surface area contributed by atoms with Crippen molar-refractivity contribution in [2.75, 3.05) is 0 Å². The van der Waals surface area contributed by atoms with Crippen LogP contribution in [0.4, 0.5) is 0 Å². The van der Waals surface area contributed by atoms with E-state index in [0.717, 1.165) is 12.8 Å². The molecule has 0 fully saturated rings. The SMILES string of the molecule is CCCCCCCCCCCCCCCC(O)CC(CC)S(=O)(=O)[O-].[K+]. The summed E-state index contributed by atoms with van der Waals surface area (Å²) in [5, 5.41) is 8.95. The normalized spacial score (nSPS) is 14.0. The molecular formula is C20H41KO4S. The van der Waals surface area contributed by atoms with Crippen LogP contribution in [-0.2, 0) is 10.1 Å². The average Bonchev–Trinajstić information content (AvgIpc) is 2.55. The van der Waals surface area contributed by atoms with Crippen molar-refractivity contribution in [1.82, 2.24) is 0 Å². The Balaban J connectivity index is 0. The molecule has 0 aromatic carbocycles. The zero-order valence-electron chi connectivity index (χ0n) is 17.5. The molecule has 0 aliphatic heterocycles. The first-order valence-corrected chi connectivity index (χ1v) is 12.0. The van der Waals surface area contributed by atoms with Gasteiger partial charge >= 0.3 is 51.4 Å². The molecule has 0 aromatic rings. The number of aliphatic hydroxyl groups excluding tert-OH is 1. The quantitative estimate of drug-likeness (QED) is 0.212. The van der Waals surface area contributed by atoms with Crippen molar-refractivity contribution in [3.05, 3.63) is 0 Å². The van der Waals surface area contributed by atoms with Crippen LogP contribution in [0.15, 0.2) is 0 Å². The Morgan fingerprint density at radius 2 is 1.15 bits per heavy atom. The van der Waals surface area contributed by atoms with E-state index in [1.807, 2.05) is 0 Å². The van der Waals surface area contributed by atoms with Crippen molar-refractivity contribution >= 4 is 10.1 Å². The van der Waals surface area contributed by atoms with Crippen LogP contribution in [0.1, 0.15) is 117 Å². The molecule has 0 bridgehead atoms. The second-order valence-electron chi connectivity index (χ2n) is 7.44. The fourth-order valence-corrected chi connectivity index (χ4v) is 4.17. The standard InChI is InChI=1S/C20H42O4S.K/c1-3-5-6-7-8-9-10-11-12-13-14-15-16-17-19(21)18-20(4-2)25(22,23)24;/h19-21H,3-18H2,1-2H3,(H,22,23,24);/q;+1/p-1. The summed E-state index contributed by atoms with van der Waals surface area (Å²) in [6, 6.07) is 0. The fraction of sp³-hybridized carbons (Fsp3) is 1.00. The van der Waals surface area contributed by atoms with Gasteiger partial charge in [0.05, 0.1) is 21.5 Å². The van der Waals surface area contributed by atoms with Crippen LogP contribution in [0, 0.1) is 0 Å². The van der Waals surface area contributed by atoms with E-state index in [4.69, 9.17) is 0 Å². The zero-order chi connectivity index (χ0) is 19.0. The van der Waals surface area contributed by atoms with Crippen LogP contribution in [0.25, 0.3) is 0 Å². The van der Waals surface area contributed by atoms with Crippen LogP contribution >= 0.6 is 0 Å². The number of aliphatic hydroxyl groups is 1. The van der Waals surface area contributed by atoms with E-state index >= 15 is 0 Å². The molecule has 0 spiro atoms. The Bertz CT molecular complexity index is 387. The van der Waals surface area contributed by atoms with Crippen LogP contribution in [0.5, 0.6) is 0 Å². The topological polar surface area (TPSA) is 77.4 Å². The minimum Gasteiger partial charge on any atom is -0.748 e. The van der Waals surface area contributed by atoms with Gasteiger partial charge in [-0.15, -0.1) is 0 Å². The smallest absolute Gasteiger partial charge is 0.748 e. The third-order valence-corrected chi connectivity index (χ3v) is 6.38. The van der Waals surface area contributed by atoms with E-state index in [2.05, 4.69) is 6.92 Å². The van der Waals surface area contributed by atoms with Gasteiger partial charge in [-0.3, -0.25) is 0 Å². The molecule has 1 N–H and O–H groups in total.